The lowest BCUT2D eigenvalue weighted by Gasteiger charge is -2.06. The minimum Gasteiger partial charge on any atom is -0.483 e. The predicted molar refractivity (Wildman–Crippen MR) is 65.2 cm³/mol. The first-order chi connectivity index (χ1) is 8.61. The van der Waals surface area contributed by atoms with Crippen LogP contribution in [0.15, 0.2) is 22.1 Å². The molecule has 2 rings (SSSR count). The van der Waals surface area contributed by atoms with E-state index >= 15 is 0 Å². The number of hydrogen-bond acceptors (Lipinski definition) is 4. The molecule has 1 heterocycles. The van der Waals surface area contributed by atoms with E-state index in [1.54, 1.807) is 5.38 Å². The van der Waals surface area contributed by atoms with E-state index in [4.69, 9.17) is 10.00 Å². The smallest absolute Gasteiger partial charge is 0.185 e. The van der Waals surface area contributed by atoms with Gasteiger partial charge in [-0.1, -0.05) is 0 Å². The van der Waals surface area contributed by atoms with Crippen LogP contribution in [0, 0.1) is 23.0 Å². The SMILES string of the molecule is N#Cc1c(F)ccc(OCc2nc(Br)cs2)c1F. The van der Waals surface area contributed by atoms with Crippen molar-refractivity contribution in [3.8, 4) is 11.8 Å². The van der Waals surface area contributed by atoms with Crippen molar-refractivity contribution in [1.29, 1.82) is 5.26 Å². The van der Waals surface area contributed by atoms with Gasteiger partial charge in [-0.05, 0) is 28.1 Å². The molecule has 0 saturated heterocycles. The van der Waals surface area contributed by atoms with Gasteiger partial charge in [-0.3, -0.25) is 0 Å². The lowest BCUT2D eigenvalue weighted by atomic mass is 10.2. The van der Waals surface area contributed by atoms with Gasteiger partial charge in [0.05, 0.1) is 0 Å². The third kappa shape index (κ3) is 2.66. The van der Waals surface area contributed by atoms with Crippen LogP contribution in [0.1, 0.15) is 10.6 Å². The van der Waals surface area contributed by atoms with Gasteiger partial charge in [-0.2, -0.15) is 5.26 Å². The van der Waals surface area contributed by atoms with Gasteiger partial charge in [0.1, 0.15) is 33.7 Å². The van der Waals surface area contributed by atoms with Crippen LogP contribution >= 0.6 is 27.3 Å². The van der Waals surface area contributed by atoms with Crippen LogP contribution in [0.4, 0.5) is 8.78 Å². The summed E-state index contributed by atoms with van der Waals surface area (Å²) in [4.78, 5) is 4.06. The molecule has 92 valence electrons. The molecule has 0 amide bonds. The zero-order chi connectivity index (χ0) is 13.1. The Hall–Kier alpha value is -1.52. The van der Waals surface area contributed by atoms with Crippen molar-refractivity contribution in [3.63, 3.8) is 0 Å². The van der Waals surface area contributed by atoms with Crippen LogP contribution in [0.25, 0.3) is 0 Å². The number of benzene rings is 1. The van der Waals surface area contributed by atoms with Crippen molar-refractivity contribution >= 4 is 27.3 Å². The summed E-state index contributed by atoms with van der Waals surface area (Å²) in [6.45, 7) is 0.0592. The van der Waals surface area contributed by atoms with Crippen molar-refractivity contribution in [3.05, 3.63) is 44.3 Å². The summed E-state index contributed by atoms with van der Waals surface area (Å²) in [5.41, 5.74) is -0.646. The second-order valence-corrected chi connectivity index (χ2v) is 4.95. The Labute approximate surface area is 114 Å². The quantitative estimate of drug-likeness (QED) is 0.863. The Balaban J connectivity index is 2.18. The van der Waals surface area contributed by atoms with Crippen LogP contribution in [-0.4, -0.2) is 4.98 Å². The summed E-state index contributed by atoms with van der Waals surface area (Å²) in [5, 5.41) is 11.0. The van der Waals surface area contributed by atoms with E-state index in [-0.39, 0.29) is 12.4 Å². The zero-order valence-electron chi connectivity index (χ0n) is 8.78. The predicted octanol–water partition coefficient (Wildman–Crippen LogP) is 3.63. The molecule has 1 aromatic heterocycles. The number of nitriles is 1. The minimum atomic E-state index is -0.992. The third-order valence-corrected chi connectivity index (χ3v) is 3.57. The normalized spacial score (nSPS) is 10.1. The molecule has 0 N–H and O–H groups in total. The Morgan fingerprint density at radius 1 is 1.44 bits per heavy atom. The van der Waals surface area contributed by atoms with Crippen LogP contribution in [0.3, 0.4) is 0 Å². The van der Waals surface area contributed by atoms with Crippen LogP contribution < -0.4 is 4.74 Å². The molecule has 0 aliphatic heterocycles. The molecule has 0 fully saturated rings. The van der Waals surface area contributed by atoms with E-state index in [9.17, 15) is 8.78 Å². The van der Waals surface area contributed by atoms with E-state index < -0.39 is 17.2 Å². The highest BCUT2D eigenvalue weighted by atomic mass is 79.9. The molecule has 0 atom stereocenters. The number of halogens is 3. The van der Waals surface area contributed by atoms with Gasteiger partial charge < -0.3 is 4.74 Å². The largest absolute Gasteiger partial charge is 0.483 e. The summed E-state index contributed by atoms with van der Waals surface area (Å²) in [7, 11) is 0. The van der Waals surface area contributed by atoms with Gasteiger partial charge in [-0.25, -0.2) is 13.8 Å². The number of rotatable bonds is 3. The molecule has 0 aliphatic rings. The van der Waals surface area contributed by atoms with E-state index in [1.165, 1.54) is 17.4 Å². The first-order valence-corrected chi connectivity index (χ1v) is 6.40. The zero-order valence-corrected chi connectivity index (χ0v) is 11.2. The molecular weight excluding hydrogens is 326 g/mol. The topological polar surface area (TPSA) is 45.9 Å². The Morgan fingerprint density at radius 2 is 2.22 bits per heavy atom. The monoisotopic (exact) mass is 330 g/mol. The number of thiazole rings is 1. The second kappa shape index (κ2) is 5.42. The lowest BCUT2D eigenvalue weighted by Crippen LogP contribution is -2.00. The maximum absolute atomic E-state index is 13.6. The summed E-state index contributed by atoms with van der Waals surface area (Å²) in [6.07, 6.45) is 0. The number of nitrogens with zero attached hydrogens (tertiary/aromatic N) is 2. The molecule has 0 unspecified atom stereocenters. The molecule has 2 aromatic rings. The fourth-order valence-electron chi connectivity index (χ4n) is 1.24. The Bertz CT molecular complexity index is 624. The average Bonchev–Trinajstić information content (AvgIpc) is 2.75. The van der Waals surface area contributed by atoms with Gasteiger partial charge in [0.2, 0.25) is 0 Å². The number of hydrogen-bond donors (Lipinski definition) is 0. The first kappa shape index (κ1) is 12.9. The Morgan fingerprint density at radius 3 is 2.83 bits per heavy atom. The van der Waals surface area contributed by atoms with Crippen LogP contribution in [-0.2, 0) is 6.61 Å². The van der Waals surface area contributed by atoms with Gasteiger partial charge in [0.25, 0.3) is 0 Å². The fourth-order valence-corrected chi connectivity index (χ4v) is 2.42. The van der Waals surface area contributed by atoms with Crippen LogP contribution in [0.5, 0.6) is 5.75 Å². The highest BCUT2D eigenvalue weighted by Crippen LogP contribution is 2.24. The standard InChI is InChI=1S/C11H5BrF2N2OS/c12-9-5-18-10(16-9)4-17-8-2-1-7(13)6(3-15)11(8)14/h1-2,5H,4H2. The molecule has 0 spiro atoms. The maximum Gasteiger partial charge on any atom is 0.185 e. The van der Waals surface area contributed by atoms with E-state index in [1.807, 2.05) is 0 Å². The van der Waals surface area contributed by atoms with Crippen molar-refractivity contribution in [2.75, 3.05) is 0 Å². The fraction of sp³-hybridized carbons (Fsp3) is 0.0909. The van der Waals surface area contributed by atoms with E-state index in [0.717, 1.165) is 12.1 Å². The van der Waals surface area contributed by atoms with Crippen LogP contribution in [0.2, 0.25) is 0 Å². The molecule has 18 heavy (non-hydrogen) atoms. The molecule has 0 radical (unpaired) electrons. The molecular formula is C11H5BrF2N2OS. The average molecular weight is 331 g/mol. The second-order valence-electron chi connectivity index (χ2n) is 3.20. The van der Waals surface area contributed by atoms with Crippen molar-refractivity contribution in [1.82, 2.24) is 4.98 Å². The van der Waals surface area contributed by atoms with E-state index in [0.29, 0.717) is 9.61 Å². The summed E-state index contributed by atoms with van der Waals surface area (Å²) < 4.78 is 32.5. The minimum absolute atomic E-state index is 0.0592. The van der Waals surface area contributed by atoms with Gasteiger partial charge in [0.15, 0.2) is 11.6 Å². The highest BCUT2D eigenvalue weighted by Gasteiger charge is 2.14. The van der Waals surface area contributed by atoms with Crippen molar-refractivity contribution in [2.45, 2.75) is 6.61 Å². The van der Waals surface area contributed by atoms with Gasteiger partial charge in [0, 0.05) is 5.38 Å². The molecule has 0 aliphatic carbocycles. The molecule has 0 bridgehead atoms. The lowest BCUT2D eigenvalue weighted by molar-refractivity contribution is 0.288. The molecule has 1 aromatic carbocycles. The third-order valence-electron chi connectivity index (χ3n) is 2.04. The molecule has 3 nitrogen and oxygen atoms in total. The van der Waals surface area contributed by atoms with Gasteiger partial charge in [-0.15, -0.1) is 11.3 Å². The van der Waals surface area contributed by atoms with E-state index in [2.05, 4.69) is 20.9 Å². The van der Waals surface area contributed by atoms with Gasteiger partial charge >= 0.3 is 0 Å². The Kier molecular flexibility index (Phi) is 3.89. The van der Waals surface area contributed by atoms with Crippen molar-refractivity contribution in [2.24, 2.45) is 0 Å². The van der Waals surface area contributed by atoms with Crippen molar-refractivity contribution < 1.29 is 13.5 Å². The highest BCUT2D eigenvalue weighted by molar-refractivity contribution is 9.10. The molecule has 0 saturated carbocycles. The first-order valence-electron chi connectivity index (χ1n) is 4.72. The summed E-state index contributed by atoms with van der Waals surface area (Å²) >= 11 is 4.53. The maximum atomic E-state index is 13.6. The summed E-state index contributed by atoms with van der Waals surface area (Å²) in [6, 6.07) is 3.60. The summed E-state index contributed by atoms with van der Waals surface area (Å²) in [5.74, 6) is -2.06. The number of aromatic nitrogens is 1. The number of ether oxygens (including phenoxy) is 1. The molecule has 7 heteroatoms.